The summed E-state index contributed by atoms with van der Waals surface area (Å²) in [6, 6.07) is 10.4. The first kappa shape index (κ1) is 23.7. The standard InChI is InChI=1S/C24H21ClFN6OP/c1-13(16-7-5-6-15(8-16)10-27)31-23-20(25)14(2)30-19-9-18(26)21(32-22(19)23)17-11-28-24(29-12-17)34(3,4)33/h5-9,11-13H,1-4H3,(H,30,31)/t13-/m1/s1. The third-order valence-corrected chi connectivity index (χ3v) is 6.94. The first-order valence-electron chi connectivity index (χ1n) is 10.4. The van der Waals surface area contributed by atoms with Crippen LogP contribution in [0.2, 0.25) is 5.02 Å². The molecule has 0 radical (unpaired) electrons. The normalized spacial score (nSPS) is 12.4. The number of pyridine rings is 2. The lowest BCUT2D eigenvalue weighted by Crippen LogP contribution is -2.13. The fraction of sp³-hybridized carbons (Fsp3) is 0.208. The first-order chi connectivity index (χ1) is 16.1. The van der Waals surface area contributed by atoms with Gasteiger partial charge in [-0.15, -0.1) is 0 Å². The van der Waals surface area contributed by atoms with Gasteiger partial charge in [-0.3, -0.25) is 0 Å². The summed E-state index contributed by atoms with van der Waals surface area (Å²) in [6.45, 7) is 6.80. The van der Waals surface area contributed by atoms with Gasteiger partial charge in [0.25, 0.3) is 0 Å². The van der Waals surface area contributed by atoms with Crippen LogP contribution in [0.25, 0.3) is 22.3 Å². The molecule has 172 valence electrons. The molecule has 0 aliphatic heterocycles. The smallest absolute Gasteiger partial charge is 0.188 e. The lowest BCUT2D eigenvalue weighted by molar-refractivity contribution is 0.587. The Morgan fingerprint density at radius 2 is 1.88 bits per heavy atom. The number of aryl methyl sites for hydroxylation is 1. The van der Waals surface area contributed by atoms with Crippen LogP contribution in [0.4, 0.5) is 10.1 Å². The third kappa shape index (κ3) is 4.63. The third-order valence-electron chi connectivity index (χ3n) is 5.29. The number of hydrogen-bond donors (Lipinski definition) is 1. The summed E-state index contributed by atoms with van der Waals surface area (Å²) in [4.78, 5) is 17.2. The number of nitriles is 1. The van der Waals surface area contributed by atoms with Gasteiger partial charge >= 0.3 is 0 Å². The van der Waals surface area contributed by atoms with Crippen LogP contribution in [-0.2, 0) is 4.57 Å². The minimum Gasteiger partial charge on any atom is -0.375 e. The average Bonchev–Trinajstić information content (AvgIpc) is 2.81. The molecule has 0 bridgehead atoms. The molecule has 0 spiro atoms. The zero-order valence-electron chi connectivity index (χ0n) is 19.0. The Labute approximate surface area is 201 Å². The Hall–Kier alpha value is -3.40. The minimum atomic E-state index is -2.65. The van der Waals surface area contributed by atoms with E-state index in [1.165, 1.54) is 18.5 Å². The van der Waals surface area contributed by atoms with E-state index >= 15 is 4.39 Å². The van der Waals surface area contributed by atoms with Gasteiger partial charge < -0.3 is 9.88 Å². The maximum absolute atomic E-state index is 15.0. The van der Waals surface area contributed by atoms with Crippen LogP contribution in [0.5, 0.6) is 0 Å². The highest BCUT2D eigenvalue weighted by Gasteiger charge is 2.20. The number of fused-ring (bicyclic) bond motifs is 1. The number of halogens is 2. The van der Waals surface area contributed by atoms with Crippen LogP contribution >= 0.6 is 18.7 Å². The van der Waals surface area contributed by atoms with Crippen LogP contribution in [0, 0.1) is 24.1 Å². The highest BCUT2D eigenvalue weighted by Crippen LogP contribution is 2.36. The summed E-state index contributed by atoms with van der Waals surface area (Å²) in [5, 5.41) is 12.9. The van der Waals surface area contributed by atoms with Crippen LogP contribution in [0.15, 0.2) is 42.7 Å². The summed E-state index contributed by atoms with van der Waals surface area (Å²) in [5.41, 5.74) is 3.77. The lowest BCUT2D eigenvalue weighted by Gasteiger charge is -2.19. The zero-order valence-corrected chi connectivity index (χ0v) is 20.6. The molecular formula is C24H21ClFN6OP. The summed E-state index contributed by atoms with van der Waals surface area (Å²) in [7, 11) is -2.65. The highest BCUT2D eigenvalue weighted by molar-refractivity contribution is 7.69. The van der Waals surface area contributed by atoms with Gasteiger partial charge in [-0.25, -0.2) is 24.3 Å². The van der Waals surface area contributed by atoms with Gasteiger partial charge in [-0.05, 0) is 44.9 Å². The Kier molecular flexibility index (Phi) is 6.35. The minimum absolute atomic E-state index is 0.0324. The fourth-order valence-corrected chi connectivity index (χ4v) is 4.35. The molecule has 0 aliphatic rings. The van der Waals surface area contributed by atoms with E-state index < -0.39 is 13.0 Å². The van der Waals surface area contributed by atoms with Crippen molar-refractivity contribution < 1.29 is 8.96 Å². The molecule has 0 saturated carbocycles. The van der Waals surface area contributed by atoms with Crippen LogP contribution in [-0.4, -0.2) is 33.3 Å². The molecule has 1 atom stereocenters. The van der Waals surface area contributed by atoms with E-state index in [0.717, 1.165) is 5.56 Å². The van der Waals surface area contributed by atoms with Crippen molar-refractivity contribution in [2.75, 3.05) is 18.6 Å². The topological polar surface area (TPSA) is 104 Å². The van der Waals surface area contributed by atoms with Crippen LogP contribution < -0.4 is 10.9 Å². The number of benzene rings is 1. The fourth-order valence-electron chi connectivity index (χ4n) is 3.50. The largest absolute Gasteiger partial charge is 0.375 e. The van der Waals surface area contributed by atoms with E-state index in [-0.39, 0.29) is 17.3 Å². The Balaban J connectivity index is 1.82. The highest BCUT2D eigenvalue weighted by atomic mass is 35.5. The molecule has 0 aliphatic carbocycles. The summed E-state index contributed by atoms with van der Waals surface area (Å²) in [5.74, 6) is -0.588. The number of aromatic nitrogens is 4. The molecule has 0 fully saturated rings. The van der Waals surface area contributed by atoms with Crippen LogP contribution in [0.3, 0.4) is 0 Å². The zero-order chi connectivity index (χ0) is 24.6. The summed E-state index contributed by atoms with van der Waals surface area (Å²) >= 11 is 6.60. The van der Waals surface area contributed by atoms with E-state index in [1.807, 2.05) is 19.1 Å². The second-order valence-corrected chi connectivity index (χ2v) is 11.8. The second-order valence-electron chi connectivity index (χ2n) is 8.30. The summed E-state index contributed by atoms with van der Waals surface area (Å²) in [6.07, 6.45) is 2.82. The molecule has 34 heavy (non-hydrogen) atoms. The van der Waals surface area contributed by atoms with Gasteiger partial charge in [-0.2, -0.15) is 5.26 Å². The van der Waals surface area contributed by atoms with E-state index in [2.05, 4.69) is 31.3 Å². The van der Waals surface area contributed by atoms with Crippen molar-refractivity contribution in [1.82, 2.24) is 19.9 Å². The quantitative estimate of drug-likeness (QED) is 0.366. The molecule has 7 nitrogen and oxygen atoms in total. The molecular weight excluding hydrogens is 474 g/mol. The van der Waals surface area contributed by atoms with Crippen LogP contribution in [0.1, 0.15) is 29.8 Å². The van der Waals surface area contributed by atoms with Crippen molar-refractivity contribution in [3.63, 3.8) is 0 Å². The molecule has 1 aromatic carbocycles. The van der Waals surface area contributed by atoms with Crippen molar-refractivity contribution >= 4 is 41.0 Å². The van der Waals surface area contributed by atoms with Crippen molar-refractivity contribution in [3.8, 4) is 17.3 Å². The molecule has 0 amide bonds. The monoisotopic (exact) mass is 494 g/mol. The predicted molar refractivity (Wildman–Crippen MR) is 133 cm³/mol. The molecule has 1 N–H and O–H groups in total. The molecule has 4 rings (SSSR count). The predicted octanol–water partition coefficient (Wildman–Crippen LogP) is 5.48. The molecule has 0 saturated heterocycles. The van der Waals surface area contributed by atoms with Gasteiger partial charge in [0, 0.05) is 30.1 Å². The summed E-state index contributed by atoms with van der Waals surface area (Å²) < 4.78 is 27.2. The maximum atomic E-state index is 15.0. The second kappa shape index (κ2) is 9.09. The van der Waals surface area contributed by atoms with Gasteiger partial charge in [0.15, 0.2) is 11.4 Å². The number of nitrogens with zero attached hydrogens (tertiary/aromatic N) is 5. The van der Waals surface area contributed by atoms with Crippen molar-refractivity contribution in [2.24, 2.45) is 0 Å². The SMILES string of the molecule is Cc1nc2cc(F)c(-c3cnc(P(C)(C)=O)nc3)nc2c(N[C@H](C)c2cccc(C#N)c2)c1Cl. The van der Waals surface area contributed by atoms with Crippen molar-refractivity contribution in [1.29, 1.82) is 5.26 Å². The van der Waals surface area contributed by atoms with Crippen molar-refractivity contribution in [2.45, 2.75) is 19.9 Å². The van der Waals surface area contributed by atoms with E-state index in [0.29, 0.717) is 38.6 Å². The van der Waals surface area contributed by atoms with Gasteiger partial charge in [-0.1, -0.05) is 23.7 Å². The van der Waals surface area contributed by atoms with E-state index in [9.17, 15) is 9.83 Å². The Bertz CT molecular complexity index is 1500. The first-order valence-corrected chi connectivity index (χ1v) is 13.4. The Morgan fingerprint density at radius 3 is 2.53 bits per heavy atom. The molecule has 3 heterocycles. The van der Waals surface area contributed by atoms with Gasteiger partial charge in [0.2, 0.25) is 0 Å². The van der Waals surface area contributed by atoms with E-state index in [1.54, 1.807) is 32.4 Å². The maximum Gasteiger partial charge on any atom is 0.188 e. The number of anilines is 1. The number of hydrogen-bond acceptors (Lipinski definition) is 7. The molecule has 0 unspecified atom stereocenters. The lowest BCUT2D eigenvalue weighted by atomic mass is 10.0. The molecule has 3 aromatic heterocycles. The van der Waals surface area contributed by atoms with Crippen molar-refractivity contribution in [3.05, 3.63) is 70.4 Å². The van der Waals surface area contributed by atoms with E-state index in [4.69, 9.17) is 11.6 Å². The number of nitrogens with one attached hydrogen (secondary N) is 1. The van der Waals surface area contributed by atoms with Gasteiger partial charge in [0.1, 0.15) is 18.4 Å². The average molecular weight is 495 g/mol. The molecule has 10 heteroatoms. The molecule has 4 aromatic rings. The Morgan fingerprint density at radius 1 is 1.18 bits per heavy atom. The number of rotatable bonds is 5. The van der Waals surface area contributed by atoms with Gasteiger partial charge in [0.05, 0.1) is 33.6 Å².